The van der Waals surface area contributed by atoms with E-state index in [4.69, 9.17) is 23.7 Å². The third-order valence-corrected chi connectivity index (χ3v) is 14.2. The van der Waals surface area contributed by atoms with E-state index in [9.17, 15) is 39.3 Å². The fourth-order valence-corrected chi connectivity index (χ4v) is 10.3. The molecule has 65 heavy (non-hydrogen) atoms. The topological polar surface area (TPSA) is 221 Å². The number of fused-ring (bicyclic) bond motifs is 5. The van der Waals surface area contributed by atoms with Gasteiger partial charge in [0.2, 0.25) is 0 Å². The largest absolute Gasteiger partial charge is 0.456 e. The summed E-state index contributed by atoms with van der Waals surface area (Å²) in [5.41, 5.74) is -6.98. The van der Waals surface area contributed by atoms with Gasteiger partial charge in [0, 0.05) is 36.3 Å². The second-order valence-corrected chi connectivity index (χ2v) is 18.1. The number of rotatable bonds is 11. The van der Waals surface area contributed by atoms with E-state index in [1.807, 2.05) is 0 Å². The Bertz CT molecular complexity index is 2420. The lowest BCUT2D eigenvalue weighted by Gasteiger charge is -2.67. The average Bonchev–Trinajstić information content (AvgIpc) is 3.29. The standard InChI is InChI=1S/C50H55NO14/c1-8-27(2)44(57)65-49-26-61-35(49)24-34(53)48(7)40(49)42(64-45(58)32-22-16-11-17-23-32)50(60)25-33(28(3)36(47(50,5)6)39(41(48)55)62-29(4)52)63-46(59)38(54)37(30-18-12-9-13-19-30)51-43(56)31-20-14-10-15-21-31/h8-23,33-35,37-40,42,53-54,60H,24-26H2,1-7H3,(H,51,56)/b27-8+/t33-,34-,35+,37-,38+,39+,40-,42-,48+,49-,50-/m0/s1. The highest BCUT2D eigenvalue weighted by molar-refractivity contribution is 5.96. The summed E-state index contributed by atoms with van der Waals surface area (Å²) in [6.07, 6.45) is -9.15. The number of esters is 4. The first-order chi connectivity index (χ1) is 30.7. The highest BCUT2D eigenvalue weighted by Gasteiger charge is 2.78. The van der Waals surface area contributed by atoms with Crippen LogP contribution in [0.3, 0.4) is 0 Å². The van der Waals surface area contributed by atoms with Crippen LogP contribution in [0.4, 0.5) is 0 Å². The zero-order valence-corrected chi connectivity index (χ0v) is 37.3. The number of ether oxygens (including phenoxy) is 5. The Morgan fingerprint density at radius 2 is 1.45 bits per heavy atom. The third kappa shape index (κ3) is 7.98. The minimum Gasteiger partial charge on any atom is -0.456 e. The van der Waals surface area contributed by atoms with Gasteiger partial charge in [-0.25, -0.2) is 14.4 Å². The number of benzene rings is 3. The Balaban J connectivity index is 1.40. The molecule has 3 aromatic carbocycles. The maximum absolute atomic E-state index is 15.7. The molecular weight excluding hydrogens is 839 g/mol. The number of hydrogen-bond acceptors (Lipinski definition) is 14. The van der Waals surface area contributed by atoms with Crippen LogP contribution in [-0.2, 0) is 42.9 Å². The van der Waals surface area contributed by atoms with Crippen molar-refractivity contribution >= 4 is 35.6 Å². The fourth-order valence-electron chi connectivity index (χ4n) is 10.3. The van der Waals surface area contributed by atoms with E-state index in [-0.39, 0.29) is 40.9 Å². The zero-order chi connectivity index (χ0) is 47.2. The number of nitrogens with one attached hydrogen (secondary N) is 1. The van der Waals surface area contributed by atoms with E-state index < -0.39 is 113 Å². The van der Waals surface area contributed by atoms with Crippen LogP contribution in [0.2, 0.25) is 0 Å². The number of aliphatic hydroxyl groups is 3. The van der Waals surface area contributed by atoms with Crippen molar-refractivity contribution in [1.29, 1.82) is 0 Å². The Kier molecular flexibility index (Phi) is 12.8. The van der Waals surface area contributed by atoms with Crippen LogP contribution < -0.4 is 5.32 Å². The second kappa shape index (κ2) is 17.8. The molecule has 15 nitrogen and oxygen atoms in total. The van der Waals surface area contributed by atoms with Crippen molar-refractivity contribution < 1.29 is 67.8 Å². The number of aliphatic hydroxyl groups excluding tert-OH is 2. The molecule has 3 fully saturated rings. The van der Waals surface area contributed by atoms with Gasteiger partial charge in [0.05, 0.1) is 35.6 Å². The molecule has 2 saturated carbocycles. The highest BCUT2D eigenvalue weighted by atomic mass is 16.6. The summed E-state index contributed by atoms with van der Waals surface area (Å²) in [6.45, 7) is 9.98. The zero-order valence-electron chi connectivity index (χ0n) is 37.3. The molecule has 11 atom stereocenters. The van der Waals surface area contributed by atoms with Gasteiger partial charge in [-0.2, -0.15) is 0 Å². The van der Waals surface area contributed by atoms with Crippen molar-refractivity contribution in [3.05, 3.63) is 130 Å². The van der Waals surface area contributed by atoms with Crippen molar-refractivity contribution in [1.82, 2.24) is 5.32 Å². The van der Waals surface area contributed by atoms with Crippen LogP contribution in [0, 0.1) is 16.7 Å². The summed E-state index contributed by atoms with van der Waals surface area (Å²) in [7, 11) is 0. The maximum Gasteiger partial charge on any atom is 0.338 e. The molecule has 1 aliphatic heterocycles. The molecule has 0 spiro atoms. The molecule has 4 N–H and O–H groups in total. The molecule has 344 valence electrons. The molecule has 7 rings (SSSR count). The van der Waals surface area contributed by atoms with Crippen LogP contribution in [0.1, 0.15) is 93.6 Å². The lowest BCUT2D eigenvalue weighted by molar-refractivity contribution is -0.345. The van der Waals surface area contributed by atoms with E-state index in [1.165, 1.54) is 39.0 Å². The predicted molar refractivity (Wildman–Crippen MR) is 231 cm³/mol. The average molecular weight is 894 g/mol. The van der Waals surface area contributed by atoms with E-state index in [0.29, 0.717) is 5.56 Å². The normalized spacial score (nSPS) is 31.2. The van der Waals surface area contributed by atoms with Crippen molar-refractivity contribution in [3.63, 3.8) is 0 Å². The molecule has 15 heteroatoms. The lowest BCUT2D eigenvalue weighted by Crippen LogP contribution is -2.82. The number of carbonyl (C=O) groups is 6. The van der Waals surface area contributed by atoms with Crippen LogP contribution in [0.15, 0.2) is 114 Å². The van der Waals surface area contributed by atoms with Crippen LogP contribution in [0.5, 0.6) is 0 Å². The van der Waals surface area contributed by atoms with Gasteiger partial charge in [-0.3, -0.25) is 14.4 Å². The van der Waals surface area contributed by atoms with Gasteiger partial charge >= 0.3 is 23.9 Å². The number of ketones is 1. The molecule has 2 bridgehead atoms. The molecule has 0 radical (unpaired) electrons. The number of hydrogen-bond donors (Lipinski definition) is 4. The maximum atomic E-state index is 15.7. The molecular formula is C50H55NO14. The summed E-state index contributed by atoms with van der Waals surface area (Å²) in [6, 6.07) is 23.0. The Morgan fingerprint density at radius 3 is 2.00 bits per heavy atom. The van der Waals surface area contributed by atoms with E-state index >= 15 is 4.79 Å². The summed E-state index contributed by atoms with van der Waals surface area (Å²) in [5.74, 6) is -6.91. The third-order valence-electron chi connectivity index (χ3n) is 14.2. The SMILES string of the molecule is C/C=C(\C)C(=O)O[C@@]12CO[C@@H]1C[C@H](O)[C@@]1(C)C(=O)[C@H](OC(C)=O)C3=C(C)[C@@H](OC(=O)[C@H](O)[C@@H](NC(=O)c4ccccc4)c4ccccc4)C[C@](O)([C@@H](OC(=O)c4ccccc4)[C@H]21)C3(C)C. The van der Waals surface area contributed by atoms with Crippen LogP contribution >= 0.6 is 0 Å². The molecule has 1 saturated heterocycles. The monoisotopic (exact) mass is 893 g/mol. The fraction of sp³-hybridized carbons (Fsp3) is 0.440. The van der Waals surface area contributed by atoms with Gasteiger partial charge in [-0.15, -0.1) is 0 Å². The molecule has 1 amide bonds. The minimum atomic E-state index is -2.42. The molecule has 0 unspecified atom stereocenters. The molecule has 0 aromatic heterocycles. The molecule has 4 aliphatic rings. The van der Waals surface area contributed by atoms with E-state index in [1.54, 1.807) is 99.6 Å². The Morgan fingerprint density at radius 1 is 0.862 bits per heavy atom. The summed E-state index contributed by atoms with van der Waals surface area (Å²) < 4.78 is 30.8. The van der Waals surface area contributed by atoms with Gasteiger partial charge < -0.3 is 44.3 Å². The highest BCUT2D eigenvalue weighted by Crippen LogP contribution is 2.64. The van der Waals surface area contributed by atoms with Crippen molar-refractivity contribution in [2.75, 3.05) is 6.61 Å². The van der Waals surface area contributed by atoms with Crippen LogP contribution in [-0.4, -0.2) is 105 Å². The first kappa shape index (κ1) is 47.0. The van der Waals surface area contributed by atoms with Gasteiger partial charge in [0.25, 0.3) is 5.91 Å². The van der Waals surface area contributed by atoms with Gasteiger partial charge in [-0.1, -0.05) is 86.7 Å². The smallest absolute Gasteiger partial charge is 0.338 e. The Labute approximate surface area is 376 Å². The van der Waals surface area contributed by atoms with Gasteiger partial charge in [0.1, 0.15) is 23.9 Å². The lowest BCUT2D eigenvalue weighted by atomic mass is 9.44. The molecule has 3 aliphatic carbocycles. The minimum absolute atomic E-state index is 0.00819. The van der Waals surface area contributed by atoms with Crippen molar-refractivity contribution in [2.45, 2.75) is 115 Å². The second-order valence-electron chi connectivity index (χ2n) is 18.1. The summed E-state index contributed by atoms with van der Waals surface area (Å²) >= 11 is 0. The van der Waals surface area contributed by atoms with Crippen molar-refractivity contribution in [3.8, 4) is 0 Å². The van der Waals surface area contributed by atoms with Crippen LogP contribution in [0.25, 0.3) is 0 Å². The van der Waals surface area contributed by atoms with Crippen molar-refractivity contribution in [2.24, 2.45) is 16.7 Å². The summed E-state index contributed by atoms with van der Waals surface area (Å²) in [5, 5.41) is 40.6. The van der Waals surface area contributed by atoms with Gasteiger partial charge in [-0.05, 0) is 68.7 Å². The predicted octanol–water partition coefficient (Wildman–Crippen LogP) is 4.68. The quantitative estimate of drug-likeness (QED) is 0.0889. The van der Waals surface area contributed by atoms with E-state index in [0.717, 1.165) is 6.92 Å². The first-order valence-corrected chi connectivity index (χ1v) is 21.6. The van der Waals surface area contributed by atoms with E-state index in [2.05, 4.69) is 5.32 Å². The van der Waals surface area contributed by atoms with Gasteiger partial charge in [0.15, 0.2) is 23.6 Å². The first-order valence-electron chi connectivity index (χ1n) is 21.6. The summed E-state index contributed by atoms with van der Waals surface area (Å²) in [4.78, 5) is 84.9. The number of amides is 1. The molecule has 3 aromatic rings. The number of Topliss-reactive ketones (excluding diaryl/α,β-unsaturated/α-hetero) is 1. The molecule has 1 heterocycles. The number of carbonyl (C=O) groups excluding carboxylic acids is 6. The number of allylic oxidation sites excluding steroid dienone is 1. The Hall–Kier alpha value is -6.00.